The molecule has 4 aromatic rings. The van der Waals surface area contributed by atoms with Crippen molar-refractivity contribution >= 4 is 41.9 Å². The first-order valence-corrected chi connectivity index (χ1v) is 12.0. The van der Waals surface area contributed by atoms with Crippen LogP contribution in [0.25, 0.3) is 22.2 Å². The van der Waals surface area contributed by atoms with E-state index < -0.39 is 0 Å². The zero-order chi connectivity index (χ0) is 25.5. The van der Waals surface area contributed by atoms with Crippen LogP contribution in [-0.2, 0) is 0 Å². The number of amides is 1. The third kappa shape index (κ3) is 6.52. The highest BCUT2D eigenvalue weighted by Gasteiger charge is 2.15. The number of rotatable bonds is 10. The van der Waals surface area contributed by atoms with Crippen LogP contribution in [0.1, 0.15) is 28.8 Å². The fourth-order valence-electron chi connectivity index (χ4n) is 4.07. The highest BCUT2D eigenvalue weighted by molar-refractivity contribution is 7.59. The lowest BCUT2D eigenvalue weighted by Gasteiger charge is -2.18. The molecule has 1 aromatic carbocycles. The summed E-state index contributed by atoms with van der Waals surface area (Å²) >= 11 is 0. The van der Waals surface area contributed by atoms with Crippen molar-refractivity contribution in [2.24, 2.45) is 0 Å². The monoisotopic (exact) mass is 518 g/mol. The molecule has 1 atom stereocenters. The minimum absolute atomic E-state index is 0. The van der Waals surface area contributed by atoms with Crippen LogP contribution < -0.4 is 20.9 Å². The van der Waals surface area contributed by atoms with E-state index in [0.29, 0.717) is 12.1 Å². The Kier molecular flexibility index (Phi) is 9.76. The fourth-order valence-corrected chi connectivity index (χ4v) is 4.07. The van der Waals surface area contributed by atoms with Crippen LogP contribution in [0.15, 0.2) is 61.2 Å². The largest absolute Gasteiger partial charge is 0.369 e. The summed E-state index contributed by atoms with van der Waals surface area (Å²) in [5.41, 5.74) is 4.26. The molecular weight excluding hydrogens is 484 g/mol. The van der Waals surface area contributed by atoms with Gasteiger partial charge in [0.1, 0.15) is 18.0 Å². The van der Waals surface area contributed by atoms with E-state index in [1.54, 1.807) is 25.6 Å². The number of carbonyl (C=O) groups is 1. The quantitative estimate of drug-likeness (QED) is 0.293. The first-order chi connectivity index (χ1) is 17.5. The van der Waals surface area contributed by atoms with E-state index in [2.05, 4.69) is 53.8 Å². The summed E-state index contributed by atoms with van der Waals surface area (Å²) in [6.45, 7) is 4.55. The lowest BCUT2D eigenvalue weighted by atomic mass is 9.96. The Morgan fingerprint density at radius 1 is 1.05 bits per heavy atom. The molecule has 0 unspecified atom stereocenters. The average molecular weight is 519 g/mol. The topological polar surface area (TPSA) is 108 Å². The molecule has 0 spiro atoms. The van der Waals surface area contributed by atoms with Crippen LogP contribution in [0.2, 0.25) is 0 Å². The molecule has 0 fully saturated rings. The molecule has 0 aliphatic heterocycles. The van der Waals surface area contributed by atoms with Gasteiger partial charge in [-0.05, 0) is 30.8 Å². The van der Waals surface area contributed by atoms with Gasteiger partial charge in [0.25, 0.3) is 5.91 Å². The molecule has 0 saturated carbocycles. The van der Waals surface area contributed by atoms with E-state index in [1.807, 2.05) is 50.6 Å². The number of aromatic nitrogens is 4. The van der Waals surface area contributed by atoms with Crippen LogP contribution in [0, 0.1) is 0 Å². The first-order valence-electron chi connectivity index (χ1n) is 12.0. The van der Waals surface area contributed by atoms with Crippen molar-refractivity contribution in [3.05, 3.63) is 72.3 Å². The van der Waals surface area contributed by atoms with Crippen LogP contribution in [0.5, 0.6) is 0 Å². The minimum atomic E-state index is -0.119. The average Bonchev–Trinajstić information content (AvgIpc) is 2.93. The van der Waals surface area contributed by atoms with Gasteiger partial charge in [-0.15, -0.1) is 0 Å². The van der Waals surface area contributed by atoms with Crippen molar-refractivity contribution in [3.63, 3.8) is 0 Å². The minimum Gasteiger partial charge on any atom is -0.369 e. The molecule has 4 rings (SSSR count). The summed E-state index contributed by atoms with van der Waals surface area (Å²) in [5, 5.41) is 10.1. The molecule has 3 N–H and O–H groups in total. The number of hydrogen-bond acceptors (Lipinski definition) is 8. The Bertz CT molecular complexity index is 1330. The number of fused-ring (bicyclic) bond motifs is 1. The molecular formula is C27H34N8OS. The first kappa shape index (κ1) is 27.8. The maximum absolute atomic E-state index is 12.3. The van der Waals surface area contributed by atoms with Crippen molar-refractivity contribution < 1.29 is 4.79 Å². The zero-order valence-electron chi connectivity index (χ0n) is 21.6. The zero-order valence-corrected chi connectivity index (χ0v) is 22.6. The van der Waals surface area contributed by atoms with Gasteiger partial charge in [-0.3, -0.25) is 9.78 Å². The highest BCUT2D eigenvalue weighted by atomic mass is 32.1. The number of anilines is 2. The van der Waals surface area contributed by atoms with Crippen molar-refractivity contribution in [1.82, 2.24) is 30.6 Å². The predicted molar refractivity (Wildman–Crippen MR) is 155 cm³/mol. The second kappa shape index (κ2) is 13.0. The molecule has 3 aromatic heterocycles. The van der Waals surface area contributed by atoms with Gasteiger partial charge in [-0.25, -0.2) is 15.0 Å². The molecule has 37 heavy (non-hydrogen) atoms. The summed E-state index contributed by atoms with van der Waals surface area (Å²) in [5.74, 6) is 1.67. The molecule has 9 nitrogen and oxygen atoms in total. The lowest BCUT2D eigenvalue weighted by molar-refractivity contribution is 0.0964. The Morgan fingerprint density at radius 2 is 1.89 bits per heavy atom. The van der Waals surface area contributed by atoms with E-state index in [-0.39, 0.29) is 25.3 Å². The number of hydrogen-bond donors (Lipinski definition) is 3. The molecule has 194 valence electrons. The third-order valence-electron chi connectivity index (χ3n) is 6.19. The van der Waals surface area contributed by atoms with Crippen molar-refractivity contribution in [2.75, 3.05) is 51.0 Å². The number of nitrogens with one attached hydrogen (secondary N) is 3. The van der Waals surface area contributed by atoms with Gasteiger partial charge in [0.05, 0.1) is 16.8 Å². The summed E-state index contributed by atoms with van der Waals surface area (Å²) in [6.07, 6.45) is 5.08. The molecule has 0 saturated heterocycles. The van der Waals surface area contributed by atoms with Gasteiger partial charge in [-0.2, -0.15) is 13.5 Å². The van der Waals surface area contributed by atoms with Gasteiger partial charge >= 0.3 is 0 Å². The van der Waals surface area contributed by atoms with E-state index in [0.717, 1.165) is 52.4 Å². The number of nitrogens with zero attached hydrogens (tertiary/aromatic N) is 5. The molecule has 0 aliphatic rings. The highest BCUT2D eigenvalue weighted by Crippen LogP contribution is 2.27. The summed E-state index contributed by atoms with van der Waals surface area (Å²) in [7, 11) is 5.60. The number of para-hydroxylation sites is 1. The molecule has 3 heterocycles. The third-order valence-corrected chi connectivity index (χ3v) is 6.19. The standard InChI is InChI=1S/C27H32N8O.H2S/c1-18(20-6-5-7-21-22(27(36)29-3)10-11-30-26(20)21)15-31-24-14-23(33-17-34-24)19-8-9-25(32-16-19)35(4)13-12-28-2;/h5-11,14,16-18,28H,12-13,15H2,1-4H3,(H,29,36)(H,31,33,34);1H2/t18-;/m1./s1. The number of benzene rings is 1. The van der Waals surface area contributed by atoms with Gasteiger partial charge in [0.15, 0.2) is 0 Å². The summed E-state index contributed by atoms with van der Waals surface area (Å²) in [4.78, 5) is 32.4. The van der Waals surface area contributed by atoms with E-state index >= 15 is 0 Å². The number of likely N-dealkylation sites (N-methyl/N-ethyl adjacent to an activating group) is 2. The lowest BCUT2D eigenvalue weighted by Crippen LogP contribution is -2.27. The Labute approximate surface area is 224 Å². The fraction of sp³-hybridized carbons (Fsp3) is 0.296. The molecule has 0 aliphatic carbocycles. The Hall–Kier alpha value is -3.76. The second-order valence-corrected chi connectivity index (χ2v) is 8.68. The van der Waals surface area contributed by atoms with Gasteiger partial charge in [0, 0.05) is 69.1 Å². The van der Waals surface area contributed by atoms with Crippen LogP contribution in [0.4, 0.5) is 11.6 Å². The second-order valence-electron chi connectivity index (χ2n) is 8.68. The van der Waals surface area contributed by atoms with Gasteiger partial charge < -0.3 is 20.9 Å². The van der Waals surface area contributed by atoms with Crippen LogP contribution >= 0.6 is 13.5 Å². The maximum Gasteiger partial charge on any atom is 0.251 e. The van der Waals surface area contributed by atoms with Crippen molar-refractivity contribution in [1.29, 1.82) is 0 Å². The van der Waals surface area contributed by atoms with Gasteiger partial charge in [-0.1, -0.05) is 25.1 Å². The SMILES string of the molecule is CNCCN(C)c1ccc(-c2cc(NC[C@@H](C)c3cccc4c(C(=O)NC)ccnc34)ncn2)cn1.S. The molecule has 10 heteroatoms. The Morgan fingerprint density at radius 3 is 2.62 bits per heavy atom. The number of carbonyl (C=O) groups excluding carboxylic acids is 1. The Balaban J connectivity index is 0.00000380. The van der Waals surface area contributed by atoms with E-state index in [9.17, 15) is 4.79 Å². The molecule has 0 bridgehead atoms. The summed E-state index contributed by atoms with van der Waals surface area (Å²) < 4.78 is 0. The van der Waals surface area contributed by atoms with Crippen LogP contribution in [-0.4, -0.2) is 66.6 Å². The predicted octanol–water partition coefficient (Wildman–Crippen LogP) is 3.43. The van der Waals surface area contributed by atoms with E-state index in [1.165, 1.54) is 0 Å². The van der Waals surface area contributed by atoms with Gasteiger partial charge in [0.2, 0.25) is 0 Å². The van der Waals surface area contributed by atoms with Crippen LogP contribution in [0.3, 0.4) is 0 Å². The number of pyridine rings is 2. The summed E-state index contributed by atoms with van der Waals surface area (Å²) in [6, 6.07) is 13.7. The molecule has 0 radical (unpaired) electrons. The van der Waals surface area contributed by atoms with Crippen molar-refractivity contribution in [2.45, 2.75) is 12.8 Å². The maximum atomic E-state index is 12.3. The normalized spacial score (nSPS) is 11.5. The van der Waals surface area contributed by atoms with E-state index in [4.69, 9.17) is 0 Å². The smallest absolute Gasteiger partial charge is 0.251 e. The van der Waals surface area contributed by atoms with Crippen molar-refractivity contribution in [3.8, 4) is 11.3 Å². The molecule has 1 amide bonds.